The van der Waals surface area contributed by atoms with Crippen molar-refractivity contribution in [1.29, 1.82) is 0 Å². The van der Waals surface area contributed by atoms with E-state index >= 15 is 0 Å². The van der Waals surface area contributed by atoms with Gasteiger partial charge in [-0.25, -0.2) is 4.39 Å². The van der Waals surface area contributed by atoms with Crippen molar-refractivity contribution in [2.75, 3.05) is 7.05 Å². The molecule has 1 saturated carbocycles. The van der Waals surface area contributed by atoms with Crippen molar-refractivity contribution in [1.82, 2.24) is 5.32 Å². The van der Waals surface area contributed by atoms with Crippen molar-refractivity contribution >= 4 is 15.9 Å². The molecule has 1 N–H and O–H groups in total. The molecule has 1 fully saturated rings. The lowest BCUT2D eigenvalue weighted by atomic mass is 9.73. The Bertz CT molecular complexity index is 413. The smallest absolute Gasteiger partial charge is 0.137 e. The highest BCUT2D eigenvalue weighted by molar-refractivity contribution is 9.10. The van der Waals surface area contributed by atoms with Crippen LogP contribution >= 0.6 is 15.9 Å². The number of hydrogen-bond acceptors (Lipinski definition) is 1. The minimum atomic E-state index is -0.189. The summed E-state index contributed by atoms with van der Waals surface area (Å²) in [5.41, 5.74) is 1.53. The molecule has 0 aromatic heterocycles. The molecule has 3 heteroatoms. The molecule has 0 bridgehead atoms. The average molecular weight is 314 g/mol. The fraction of sp³-hybridized carbons (Fsp3) is 0.600. The Morgan fingerprint density at radius 2 is 2.06 bits per heavy atom. The van der Waals surface area contributed by atoms with Crippen molar-refractivity contribution in [3.05, 3.63) is 34.1 Å². The van der Waals surface area contributed by atoms with Gasteiger partial charge in [0.15, 0.2) is 0 Å². The van der Waals surface area contributed by atoms with Gasteiger partial charge in [-0.3, -0.25) is 0 Å². The second-order valence-corrected chi connectivity index (χ2v) is 6.17. The van der Waals surface area contributed by atoms with Gasteiger partial charge < -0.3 is 5.32 Å². The van der Waals surface area contributed by atoms with E-state index < -0.39 is 0 Å². The van der Waals surface area contributed by atoms with Crippen LogP contribution in [0.15, 0.2) is 22.7 Å². The van der Waals surface area contributed by atoms with Crippen molar-refractivity contribution in [2.24, 2.45) is 5.41 Å². The van der Waals surface area contributed by atoms with Crippen LogP contribution in [0.4, 0.5) is 4.39 Å². The maximum atomic E-state index is 13.4. The predicted molar refractivity (Wildman–Crippen MR) is 77.1 cm³/mol. The molecule has 18 heavy (non-hydrogen) atoms. The van der Waals surface area contributed by atoms with Gasteiger partial charge >= 0.3 is 0 Å². The van der Waals surface area contributed by atoms with Crippen LogP contribution < -0.4 is 5.32 Å². The molecule has 0 saturated heterocycles. The van der Waals surface area contributed by atoms with Crippen LogP contribution in [0.25, 0.3) is 0 Å². The van der Waals surface area contributed by atoms with Gasteiger partial charge in [0.25, 0.3) is 0 Å². The molecule has 1 unspecified atom stereocenters. The normalized spacial score (nSPS) is 20.0. The fourth-order valence-electron chi connectivity index (χ4n) is 3.44. The van der Waals surface area contributed by atoms with Gasteiger partial charge in [-0.2, -0.15) is 0 Å². The van der Waals surface area contributed by atoms with Crippen molar-refractivity contribution in [2.45, 2.75) is 45.1 Å². The summed E-state index contributed by atoms with van der Waals surface area (Å²) in [6.07, 6.45) is 6.34. The van der Waals surface area contributed by atoms with Gasteiger partial charge in [0, 0.05) is 6.04 Å². The number of rotatable bonds is 4. The molecular weight excluding hydrogens is 293 g/mol. The fourth-order valence-corrected chi connectivity index (χ4v) is 3.84. The van der Waals surface area contributed by atoms with Crippen LogP contribution in [-0.4, -0.2) is 7.05 Å². The van der Waals surface area contributed by atoms with Crippen LogP contribution in [0, 0.1) is 11.2 Å². The quantitative estimate of drug-likeness (QED) is 0.840. The van der Waals surface area contributed by atoms with Gasteiger partial charge in [-0.1, -0.05) is 25.8 Å². The molecule has 1 aromatic rings. The van der Waals surface area contributed by atoms with Crippen LogP contribution in [0.2, 0.25) is 0 Å². The number of benzene rings is 1. The van der Waals surface area contributed by atoms with Crippen LogP contribution in [0.5, 0.6) is 0 Å². The van der Waals surface area contributed by atoms with E-state index in [-0.39, 0.29) is 5.82 Å². The zero-order valence-electron chi connectivity index (χ0n) is 11.1. The van der Waals surface area contributed by atoms with Crippen molar-refractivity contribution < 1.29 is 4.39 Å². The number of hydrogen-bond donors (Lipinski definition) is 1. The molecule has 0 radical (unpaired) electrons. The summed E-state index contributed by atoms with van der Waals surface area (Å²) in [7, 11) is 2.01. The Hall–Kier alpha value is -0.410. The summed E-state index contributed by atoms with van der Waals surface area (Å²) in [6.45, 7) is 2.27. The molecule has 100 valence electrons. The third-order valence-corrected chi connectivity index (χ3v) is 5.09. The third-order valence-electron chi connectivity index (χ3n) is 4.48. The second-order valence-electron chi connectivity index (χ2n) is 5.32. The van der Waals surface area contributed by atoms with Crippen LogP contribution in [0.3, 0.4) is 0 Å². The second kappa shape index (κ2) is 5.70. The Balaban J connectivity index is 2.34. The summed E-state index contributed by atoms with van der Waals surface area (Å²) in [4.78, 5) is 0. The largest absolute Gasteiger partial charge is 0.313 e. The van der Waals surface area contributed by atoms with Gasteiger partial charge in [-0.05, 0) is 65.4 Å². The Kier molecular flexibility index (Phi) is 4.44. The first-order valence-corrected chi connectivity index (χ1v) is 7.54. The molecule has 2 rings (SSSR count). The molecule has 1 aromatic carbocycles. The van der Waals surface area contributed by atoms with E-state index in [0.29, 0.717) is 15.9 Å². The number of halogens is 2. The molecule has 0 amide bonds. The Labute approximate surface area is 117 Å². The topological polar surface area (TPSA) is 12.0 Å². The van der Waals surface area contributed by atoms with E-state index in [4.69, 9.17) is 0 Å². The Morgan fingerprint density at radius 3 is 2.56 bits per heavy atom. The summed E-state index contributed by atoms with van der Waals surface area (Å²) in [6, 6.07) is 5.72. The minimum Gasteiger partial charge on any atom is -0.313 e. The van der Waals surface area contributed by atoms with Gasteiger partial charge in [0.1, 0.15) is 5.82 Å². The highest BCUT2D eigenvalue weighted by Gasteiger charge is 2.39. The van der Waals surface area contributed by atoms with Gasteiger partial charge in [0.05, 0.1) is 4.47 Å². The zero-order chi connectivity index (χ0) is 13.2. The molecule has 0 spiro atoms. The molecule has 1 aliphatic rings. The van der Waals surface area contributed by atoms with Crippen molar-refractivity contribution in [3.8, 4) is 0 Å². The van der Waals surface area contributed by atoms with Gasteiger partial charge in [-0.15, -0.1) is 0 Å². The van der Waals surface area contributed by atoms with E-state index in [1.165, 1.54) is 37.7 Å². The predicted octanol–water partition coefficient (Wildman–Crippen LogP) is 4.82. The van der Waals surface area contributed by atoms with Crippen molar-refractivity contribution in [3.63, 3.8) is 0 Å². The maximum Gasteiger partial charge on any atom is 0.137 e. The minimum absolute atomic E-state index is 0.189. The first-order valence-electron chi connectivity index (χ1n) is 6.75. The highest BCUT2D eigenvalue weighted by atomic mass is 79.9. The molecule has 0 heterocycles. The Morgan fingerprint density at radius 1 is 1.39 bits per heavy atom. The lowest BCUT2D eigenvalue weighted by Crippen LogP contribution is -2.34. The molecule has 1 nitrogen and oxygen atoms in total. The summed E-state index contributed by atoms with van der Waals surface area (Å²) >= 11 is 3.29. The molecular formula is C15H21BrFN. The molecule has 1 atom stereocenters. The summed E-state index contributed by atoms with van der Waals surface area (Å²) in [5.74, 6) is -0.189. The van der Waals surface area contributed by atoms with Crippen LogP contribution in [-0.2, 0) is 0 Å². The van der Waals surface area contributed by atoms with E-state index in [1.807, 2.05) is 19.2 Å². The highest BCUT2D eigenvalue weighted by Crippen LogP contribution is 2.50. The maximum absolute atomic E-state index is 13.4. The first-order chi connectivity index (χ1) is 8.63. The first kappa shape index (κ1) is 14.0. The third kappa shape index (κ3) is 2.48. The molecule has 0 aliphatic heterocycles. The van der Waals surface area contributed by atoms with E-state index in [1.54, 1.807) is 6.07 Å². The standard InChI is InChI=1S/C15H21BrFN/c1-3-15(8-4-5-9-15)14(18-2)11-6-7-13(17)12(16)10-11/h6-7,10,14,18H,3-5,8-9H2,1-2H3. The monoisotopic (exact) mass is 313 g/mol. The van der Waals surface area contributed by atoms with E-state index in [0.717, 1.165) is 0 Å². The lowest BCUT2D eigenvalue weighted by Gasteiger charge is -2.37. The van der Waals surface area contributed by atoms with Gasteiger partial charge in [0.2, 0.25) is 0 Å². The summed E-state index contributed by atoms with van der Waals surface area (Å²) in [5, 5.41) is 3.46. The van der Waals surface area contributed by atoms with Crippen LogP contribution in [0.1, 0.15) is 50.6 Å². The average Bonchev–Trinajstić information content (AvgIpc) is 2.84. The zero-order valence-corrected chi connectivity index (χ0v) is 12.7. The van der Waals surface area contributed by atoms with E-state index in [2.05, 4.69) is 28.2 Å². The lowest BCUT2D eigenvalue weighted by molar-refractivity contribution is 0.195. The summed E-state index contributed by atoms with van der Waals surface area (Å²) < 4.78 is 13.9. The number of nitrogens with one attached hydrogen (secondary N) is 1. The molecule has 1 aliphatic carbocycles. The SMILES string of the molecule is CCC1(C(NC)c2ccc(F)c(Br)c2)CCCC1. The van der Waals surface area contributed by atoms with E-state index in [9.17, 15) is 4.39 Å².